The standard InChI is InChI=1S/C16H21N3O4/c1-22-13-9-11(18-15(21)16(17)5-2-6-16)3-4-12(13)19-7-8-23-10-14(19)20/h3-4,9H,2,5-8,10,17H2,1H3,(H,18,21). The second-order valence-electron chi connectivity index (χ2n) is 5.95. The fraction of sp³-hybridized carbons (Fsp3) is 0.500. The number of carbonyl (C=O) groups excluding carboxylic acids is 2. The highest BCUT2D eigenvalue weighted by Crippen LogP contribution is 2.34. The van der Waals surface area contributed by atoms with Gasteiger partial charge in [-0.3, -0.25) is 9.59 Å². The summed E-state index contributed by atoms with van der Waals surface area (Å²) in [5, 5.41) is 2.83. The Morgan fingerprint density at radius 3 is 2.83 bits per heavy atom. The van der Waals surface area contributed by atoms with E-state index < -0.39 is 5.54 Å². The van der Waals surface area contributed by atoms with Crippen molar-refractivity contribution >= 4 is 23.2 Å². The predicted molar refractivity (Wildman–Crippen MR) is 85.6 cm³/mol. The number of carbonyl (C=O) groups is 2. The van der Waals surface area contributed by atoms with Crippen LogP contribution in [0.25, 0.3) is 0 Å². The maximum Gasteiger partial charge on any atom is 0.253 e. The van der Waals surface area contributed by atoms with E-state index in [1.165, 1.54) is 7.11 Å². The Kier molecular flexibility index (Phi) is 4.23. The Bertz CT molecular complexity index is 628. The maximum absolute atomic E-state index is 12.2. The minimum absolute atomic E-state index is 0.0668. The van der Waals surface area contributed by atoms with Gasteiger partial charge in [0.1, 0.15) is 12.4 Å². The van der Waals surface area contributed by atoms with Crippen LogP contribution in [-0.4, -0.2) is 44.2 Å². The molecule has 0 aromatic heterocycles. The van der Waals surface area contributed by atoms with Crippen LogP contribution in [0, 0.1) is 0 Å². The Hall–Kier alpha value is -2.12. The SMILES string of the molecule is COc1cc(NC(=O)C2(N)CCC2)ccc1N1CCOCC1=O. The molecule has 1 aromatic rings. The van der Waals surface area contributed by atoms with Crippen molar-refractivity contribution in [2.75, 3.05) is 37.1 Å². The smallest absolute Gasteiger partial charge is 0.253 e. The highest BCUT2D eigenvalue weighted by molar-refractivity contribution is 6.00. The Morgan fingerprint density at radius 1 is 1.43 bits per heavy atom. The van der Waals surface area contributed by atoms with Gasteiger partial charge < -0.3 is 25.4 Å². The van der Waals surface area contributed by atoms with Crippen molar-refractivity contribution in [1.29, 1.82) is 0 Å². The zero-order valence-electron chi connectivity index (χ0n) is 13.1. The summed E-state index contributed by atoms with van der Waals surface area (Å²) in [6.07, 6.45) is 2.39. The fourth-order valence-corrected chi connectivity index (χ4v) is 2.79. The van der Waals surface area contributed by atoms with E-state index in [9.17, 15) is 9.59 Å². The van der Waals surface area contributed by atoms with Crippen LogP contribution < -0.4 is 20.7 Å². The third-order valence-electron chi connectivity index (χ3n) is 4.41. The van der Waals surface area contributed by atoms with Gasteiger partial charge in [-0.1, -0.05) is 0 Å². The number of rotatable bonds is 4. The first-order valence-corrected chi connectivity index (χ1v) is 7.70. The van der Waals surface area contributed by atoms with Crippen molar-refractivity contribution in [1.82, 2.24) is 0 Å². The summed E-state index contributed by atoms with van der Waals surface area (Å²) in [6.45, 7) is 1.03. The summed E-state index contributed by atoms with van der Waals surface area (Å²) in [7, 11) is 1.53. The van der Waals surface area contributed by atoms with E-state index in [0.717, 1.165) is 6.42 Å². The van der Waals surface area contributed by atoms with E-state index in [2.05, 4.69) is 5.32 Å². The molecule has 2 aliphatic rings. The topological polar surface area (TPSA) is 93.9 Å². The van der Waals surface area contributed by atoms with Crippen LogP contribution in [0.3, 0.4) is 0 Å². The number of hydrogen-bond acceptors (Lipinski definition) is 5. The molecule has 1 aliphatic carbocycles. The van der Waals surface area contributed by atoms with Gasteiger partial charge in [0.15, 0.2) is 0 Å². The Labute approximate surface area is 134 Å². The molecule has 0 atom stereocenters. The monoisotopic (exact) mass is 319 g/mol. The Balaban J connectivity index is 1.79. The number of morpholine rings is 1. The molecular weight excluding hydrogens is 298 g/mol. The summed E-state index contributed by atoms with van der Waals surface area (Å²) in [6, 6.07) is 5.22. The number of ether oxygens (including phenoxy) is 2. The van der Waals surface area contributed by atoms with Crippen molar-refractivity contribution in [2.45, 2.75) is 24.8 Å². The van der Waals surface area contributed by atoms with Gasteiger partial charge in [-0.05, 0) is 31.4 Å². The largest absolute Gasteiger partial charge is 0.494 e. The molecule has 7 nitrogen and oxygen atoms in total. The Morgan fingerprint density at radius 2 is 2.22 bits per heavy atom. The molecule has 3 rings (SSSR count). The van der Waals surface area contributed by atoms with Crippen molar-refractivity contribution < 1.29 is 19.1 Å². The number of nitrogens with one attached hydrogen (secondary N) is 1. The molecule has 1 aliphatic heterocycles. The van der Waals surface area contributed by atoms with Crippen molar-refractivity contribution in [3.63, 3.8) is 0 Å². The van der Waals surface area contributed by atoms with E-state index >= 15 is 0 Å². The van der Waals surface area contributed by atoms with E-state index in [1.807, 2.05) is 0 Å². The lowest BCUT2D eigenvalue weighted by Gasteiger charge is -2.36. The summed E-state index contributed by atoms with van der Waals surface area (Å²) >= 11 is 0. The van der Waals surface area contributed by atoms with Crippen LogP contribution in [0.2, 0.25) is 0 Å². The molecule has 124 valence electrons. The zero-order chi connectivity index (χ0) is 16.4. The molecule has 23 heavy (non-hydrogen) atoms. The van der Waals surface area contributed by atoms with Crippen molar-refractivity contribution in [3.05, 3.63) is 18.2 Å². The second-order valence-corrected chi connectivity index (χ2v) is 5.95. The molecule has 0 bridgehead atoms. The molecule has 7 heteroatoms. The van der Waals surface area contributed by atoms with E-state index in [-0.39, 0.29) is 18.4 Å². The molecule has 1 saturated heterocycles. The van der Waals surface area contributed by atoms with Crippen LogP contribution in [0.4, 0.5) is 11.4 Å². The molecule has 1 aromatic carbocycles. The first-order valence-electron chi connectivity index (χ1n) is 7.70. The molecule has 2 fully saturated rings. The summed E-state index contributed by atoms with van der Waals surface area (Å²) in [4.78, 5) is 25.8. The molecule has 0 spiro atoms. The highest BCUT2D eigenvalue weighted by atomic mass is 16.5. The number of methoxy groups -OCH3 is 1. The van der Waals surface area contributed by atoms with Crippen LogP contribution in [-0.2, 0) is 14.3 Å². The summed E-state index contributed by atoms with van der Waals surface area (Å²) in [5.41, 5.74) is 6.54. The third-order valence-corrected chi connectivity index (χ3v) is 4.41. The van der Waals surface area contributed by atoms with Gasteiger partial charge in [0.05, 0.1) is 24.9 Å². The highest BCUT2D eigenvalue weighted by Gasteiger charge is 2.40. The van der Waals surface area contributed by atoms with Crippen LogP contribution in [0.15, 0.2) is 18.2 Å². The predicted octanol–water partition coefficient (Wildman–Crippen LogP) is 0.878. The number of anilines is 2. The second kappa shape index (κ2) is 6.17. The third kappa shape index (κ3) is 3.02. The molecular formula is C16H21N3O4. The van der Waals surface area contributed by atoms with Crippen molar-refractivity contribution in [2.24, 2.45) is 5.73 Å². The van der Waals surface area contributed by atoms with Crippen LogP contribution >= 0.6 is 0 Å². The number of nitrogens with zero attached hydrogens (tertiary/aromatic N) is 1. The molecule has 1 heterocycles. The summed E-state index contributed by atoms with van der Waals surface area (Å²) in [5.74, 6) is 0.237. The fourth-order valence-electron chi connectivity index (χ4n) is 2.79. The number of hydrogen-bond donors (Lipinski definition) is 2. The molecule has 0 unspecified atom stereocenters. The minimum atomic E-state index is -0.758. The van der Waals surface area contributed by atoms with Gasteiger partial charge in [-0.15, -0.1) is 0 Å². The van der Waals surface area contributed by atoms with Gasteiger partial charge in [0, 0.05) is 18.3 Å². The molecule has 3 N–H and O–H groups in total. The lowest BCUT2D eigenvalue weighted by molar-refractivity contribution is -0.126. The van der Waals surface area contributed by atoms with Crippen LogP contribution in [0.5, 0.6) is 5.75 Å². The van der Waals surface area contributed by atoms with Gasteiger partial charge in [-0.25, -0.2) is 0 Å². The average Bonchev–Trinajstić information content (AvgIpc) is 2.53. The zero-order valence-corrected chi connectivity index (χ0v) is 13.1. The van der Waals surface area contributed by atoms with E-state index in [1.54, 1.807) is 23.1 Å². The van der Waals surface area contributed by atoms with Gasteiger partial charge in [0.25, 0.3) is 5.91 Å². The first kappa shape index (κ1) is 15.8. The van der Waals surface area contributed by atoms with Crippen molar-refractivity contribution in [3.8, 4) is 5.75 Å². The minimum Gasteiger partial charge on any atom is -0.494 e. The van der Waals surface area contributed by atoms with Gasteiger partial charge in [0.2, 0.25) is 5.91 Å². The molecule has 2 amide bonds. The molecule has 1 saturated carbocycles. The van der Waals surface area contributed by atoms with Gasteiger partial charge >= 0.3 is 0 Å². The lowest BCUT2D eigenvalue weighted by atomic mass is 9.77. The van der Waals surface area contributed by atoms with E-state index in [0.29, 0.717) is 43.1 Å². The normalized spacial score (nSPS) is 19.9. The maximum atomic E-state index is 12.2. The quantitative estimate of drug-likeness (QED) is 0.859. The van der Waals surface area contributed by atoms with E-state index in [4.69, 9.17) is 15.2 Å². The van der Waals surface area contributed by atoms with Gasteiger partial charge in [-0.2, -0.15) is 0 Å². The number of amides is 2. The first-order chi connectivity index (χ1) is 11.0. The number of nitrogens with two attached hydrogens (primary N) is 1. The lowest BCUT2D eigenvalue weighted by Crippen LogP contribution is -2.56. The van der Waals surface area contributed by atoms with Crippen LogP contribution in [0.1, 0.15) is 19.3 Å². The average molecular weight is 319 g/mol. The summed E-state index contributed by atoms with van der Waals surface area (Å²) < 4.78 is 10.5. The number of benzene rings is 1. The molecule has 0 radical (unpaired) electrons.